The van der Waals surface area contributed by atoms with E-state index in [1.165, 1.54) is 13.2 Å². The molecule has 0 aliphatic rings. The molecule has 0 N–H and O–H groups in total. The van der Waals surface area contributed by atoms with Crippen molar-refractivity contribution in [2.75, 3.05) is 7.11 Å². The number of methoxy groups -OCH3 is 1. The van der Waals surface area contributed by atoms with Gasteiger partial charge in [-0.3, -0.25) is 0 Å². The number of ether oxygens (including phenoxy) is 1. The summed E-state index contributed by atoms with van der Waals surface area (Å²) >= 11 is 12.2. The van der Waals surface area contributed by atoms with Crippen LogP contribution in [0.25, 0.3) is 11.1 Å². The zero-order valence-electron chi connectivity index (χ0n) is 9.93. The van der Waals surface area contributed by atoms with Crippen molar-refractivity contribution in [2.24, 2.45) is 0 Å². The molecule has 0 saturated heterocycles. The molecule has 0 unspecified atom stereocenters. The van der Waals surface area contributed by atoms with Gasteiger partial charge in [0.2, 0.25) is 0 Å². The highest BCUT2D eigenvalue weighted by Crippen LogP contribution is 2.33. The van der Waals surface area contributed by atoms with Crippen molar-refractivity contribution in [1.82, 2.24) is 0 Å². The quantitative estimate of drug-likeness (QED) is 0.744. The number of benzene rings is 2. The lowest BCUT2D eigenvalue weighted by molar-refractivity contribution is 0.387. The first-order chi connectivity index (χ1) is 8.52. The summed E-state index contributed by atoms with van der Waals surface area (Å²) in [6.07, 6.45) is 0. The van der Waals surface area contributed by atoms with Gasteiger partial charge in [0.15, 0.2) is 11.6 Å². The van der Waals surface area contributed by atoms with Gasteiger partial charge in [-0.25, -0.2) is 4.39 Å². The maximum absolute atomic E-state index is 13.3. The smallest absolute Gasteiger partial charge is 0.165 e. The molecule has 0 heterocycles. The van der Waals surface area contributed by atoms with E-state index in [1.807, 2.05) is 6.92 Å². The van der Waals surface area contributed by atoms with Crippen LogP contribution in [0.15, 0.2) is 30.3 Å². The highest BCUT2D eigenvalue weighted by molar-refractivity contribution is 6.36. The molecule has 0 aliphatic carbocycles. The van der Waals surface area contributed by atoms with Gasteiger partial charge >= 0.3 is 0 Å². The molecule has 2 aromatic carbocycles. The second-order valence-corrected chi connectivity index (χ2v) is 4.73. The first kappa shape index (κ1) is 13.2. The van der Waals surface area contributed by atoms with Crippen LogP contribution in [-0.2, 0) is 0 Å². The van der Waals surface area contributed by atoms with E-state index in [4.69, 9.17) is 27.9 Å². The lowest BCUT2D eigenvalue weighted by Gasteiger charge is -2.09. The third-order valence-corrected chi connectivity index (χ3v) is 3.55. The van der Waals surface area contributed by atoms with E-state index in [1.54, 1.807) is 24.3 Å². The average Bonchev–Trinajstić information content (AvgIpc) is 2.36. The summed E-state index contributed by atoms with van der Waals surface area (Å²) < 4.78 is 18.3. The molecular weight excluding hydrogens is 274 g/mol. The Morgan fingerprint density at radius 3 is 2.17 bits per heavy atom. The third-order valence-electron chi connectivity index (χ3n) is 2.77. The molecular formula is C14H11Cl2FO. The number of hydrogen-bond acceptors (Lipinski definition) is 1. The Hall–Kier alpha value is -1.25. The molecule has 0 atom stereocenters. The van der Waals surface area contributed by atoms with Crippen molar-refractivity contribution in [3.8, 4) is 16.9 Å². The maximum Gasteiger partial charge on any atom is 0.165 e. The van der Waals surface area contributed by atoms with Crippen LogP contribution in [0.5, 0.6) is 5.75 Å². The van der Waals surface area contributed by atoms with Crippen LogP contribution in [0.3, 0.4) is 0 Å². The Morgan fingerprint density at radius 1 is 1.00 bits per heavy atom. The Labute approximate surface area is 115 Å². The molecule has 2 rings (SSSR count). The van der Waals surface area contributed by atoms with E-state index >= 15 is 0 Å². The first-order valence-corrected chi connectivity index (χ1v) is 6.08. The van der Waals surface area contributed by atoms with Crippen molar-refractivity contribution in [3.05, 3.63) is 51.8 Å². The van der Waals surface area contributed by atoms with E-state index in [9.17, 15) is 4.39 Å². The monoisotopic (exact) mass is 284 g/mol. The first-order valence-electron chi connectivity index (χ1n) is 5.32. The molecule has 0 fully saturated rings. The van der Waals surface area contributed by atoms with Crippen molar-refractivity contribution in [2.45, 2.75) is 6.92 Å². The molecule has 4 heteroatoms. The summed E-state index contributed by atoms with van der Waals surface area (Å²) in [6.45, 7) is 1.85. The summed E-state index contributed by atoms with van der Waals surface area (Å²) in [5.41, 5.74) is 2.46. The molecule has 0 bridgehead atoms. The van der Waals surface area contributed by atoms with E-state index in [0.29, 0.717) is 10.0 Å². The van der Waals surface area contributed by atoms with Crippen LogP contribution in [0, 0.1) is 12.7 Å². The fourth-order valence-electron chi connectivity index (χ4n) is 1.65. The maximum atomic E-state index is 13.3. The van der Waals surface area contributed by atoms with Crippen LogP contribution < -0.4 is 4.74 Å². The van der Waals surface area contributed by atoms with Gasteiger partial charge in [-0.1, -0.05) is 29.3 Å². The Balaban J connectivity index is 2.55. The predicted octanol–water partition coefficient (Wildman–Crippen LogP) is 5.12. The van der Waals surface area contributed by atoms with E-state index < -0.39 is 5.82 Å². The van der Waals surface area contributed by atoms with Gasteiger partial charge in [-0.05, 0) is 47.9 Å². The van der Waals surface area contributed by atoms with Crippen LogP contribution in [-0.4, -0.2) is 7.11 Å². The van der Waals surface area contributed by atoms with Gasteiger partial charge in [0.1, 0.15) is 0 Å². The van der Waals surface area contributed by atoms with Crippen molar-refractivity contribution in [3.63, 3.8) is 0 Å². The standard InChI is InChI=1S/C14H11Cl2FO/c1-8-11(15)5-10(6-12(8)16)9-3-4-13(17)14(7-9)18-2/h3-7H,1-2H3. The van der Waals surface area contributed by atoms with Crippen LogP contribution in [0.4, 0.5) is 4.39 Å². The van der Waals surface area contributed by atoms with Gasteiger partial charge in [0.25, 0.3) is 0 Å². The molecule has 0 spiro atoms. The molecule has 2 aromatic rings. The highest BCUT2D eigenvalue weighted by Gasteiger charge is 2.09. The second kappa shape index (κ2) is 5.17. The number of hydrogen-bond donors (Lipinski definition) is 0. The minimum atomic E-state index is -0.398. The van der Waals surface area contributed by atoms with Crippen LogP contribution >= 0.6 is 23.2 Å². The number of rotatable bonds is 2. The molecule has 1 nitrogen and oxygen atoms in total. The van der Waals surface area contributed by atoms with Crippen LogP contribution in [0.1, 0.15) is 5.56 Å². The zero-order chi connectivity index (χ0) is 13.3. The molecule has 94 valence electrons. The molecule has 0 saturated carbocycles. The van der Waals surface area contributed by atoms with Crippen molar-refractivity contribution in [1.29, 1.82) is 0 Å². The van der Waals surface area contributed by atoms with Crippen molar-refractivity contribution < 1.29 is 9.13 Å². The van der Waals surface area contributed by atoms with Gasteiger partial charge in [0, 0.05) is 10.0 Å². The molecule has 0 radical (unpaired) electrons. The lowest BCUT2D eigenvalue weighted by Crippen LogP contribution is -1.89. The van der Waals surface area contributed by atoms with E-state index in [0.717, 1.165) is 16.7 Å². The van der Waals surface area contributed by atoms with Gasteiger partial charge in [-0.2, -0.15) is 0 Å². The molecule has 18 heavy (non-hydrogen) atoms. The summed E-state index contributed by atoms with van der Waals surface area (Å²) in [6, 6.07) is 8.24. The summed E-state index contributed by atoms with van der Waals surface area (Å²) in [4.78, 5) is 0. The second-order valence-electron chi connectivity index (χ2n) is 3.91. The van der Waals surface area contributed by atoms with E-state index in [2.05, 4.69) is 0 Å². The Morgan fingerprint density at radius 2 is 1.61 bits per heavy atom. The van der Waals surface area contributed by atoms with Gasteiger partial charge in [0.05, 0.1) is 7.11 Å². The topological polar surface area (TPSA) is 9.23 Å². The average molecular weight is 285 g/mol. The number of halogens is 3. The minimum Gasteiger partial charge on any atom is -0.494 e. The largest absolute Gasteiger partial charge is 0.494 e. The van der Waals surface area contributed by atoms with E-state index in [-0.39, 0.29) is 5.75 Å². The third kappa shape index (κ3) is 2.45. The molecule has 0 amide bonds. The molecule has 0 aliphatic heterocycles. The lowest BCUT2D eigenvalue weighted by atomic mass is 10.0. The predicted molar refractivity (Wildman–Crippen MR) is 73.1 cm³/mol. The molecule has 0 aromatic heterocycles. The fraction of sp³-hybridized carbons (Fsp3) is 0.143. The van der Waals surface area contributed by atoms with Crippen molar-refractivity contribution >= 4 is 23.2 Å². The summed E-state index contributed by atoms with van der Waals surface area (Å²) in [5, 5.41) is 1.17. The van der Waals surface area contributed by atoms with Gasteiger partial charge in [-0.15, -0.1) is 0 Å². The van der Waals surface area contributed by atoms with Gasteiger partial charge < -0.3 is 4.74 Å². The van der Waals surface area contributed by atoms with Crippen LogP contribution in [0.2, 0.25) is 10.0 Å². The SMILES string of the molecule is COc1cc(-c2cc(Cl)c(C)c(Cl)c2)ccc1F. The Bertz CT molecular complexity index is 573. The fourth-order valence-corrected chi connectivity index (χ4v) is 2.14. The summed E-state index contributed by atoms with van der Waals surface area (Å²) in [7, 11) is 1.43. The zero-order valence-corrected chi connectivity index (χ0v) is 11.4. The Kier molecular flexibility index (Phi) is 3.79. The normalized spacial score (nSPS) is 10.5. The summed E-state index contributed by atoms with van der Waals surface area (Å²) in [5.74, 6) is -0.203. The minimum absolute atomic E-state index is 0.195. The highest BCUT2D eigenvalue weighted by atomic mass is 35.5.